The standard InChI is InChI=1S/C23H22O2/c24-16-23(13-11-22(25)12-14-23)21-9-7-18(8-10-21)20-6-5-17-3-1-2-4-19(17)15-20/h1-10,15,24H,11-14,16H2. The van der Waals surface area contributed by atoms with E-state index in [9.17, 15) is 9.90 Å². The van der Waals surface area contributed by atoms with Gasteiger partial charge in [-0.05, 0) is 46.4 Å². The van der Waals surface area contributed by atoms with E-state index >= 15 is 0 Å². The van der Waals surface area contributed by atoms with Gasteiger partial charge in [-0.1, -0.05) is 60.7 Å². The number of aliphatic hydroxyl groups excluding tert-OH is 1. The number of hydrogen-bond acceptors (Lipinski definition) is 2. The molecule has 0 aromatic heterocycles. The molecule has 25 heavy (non-hydrogen) atoms. The molecule has 126 valence electrons. The molecule has 1 aliphatic rings. The molecule has 0 unspecified atom stereocenters. The molecule has 0 spiro atoms. The van der Waals surface area contributed by atoms with Crippen LogP contribution in [0.25, 0.3) is 21.9 Å². The van der Waals surface area contributed by atoms with Gasteiger partial charge in [0.1, 0.15) is 5.78 Å². The van der Waals surface area contributed by atoms with Gasteiger partial charge >= 0.3 is 0 Å². The second-order valence-corrected chi connectivity index (χ2v) is 7.12. The van der Waals surface area contributed by atoms with Crippen LogP contribution in [0.5, 0.6) is 0 Å². The van der Waals surface area contributed by atoms with Gasteiger partial charge in [0.25, 0.3) is 0 Å². The Morgan fingerprint density at radius 3 is 2.12 bits per heavy atom. The van der Waals surface area contributed by atoms with Crippen LogP contribution in [0.15, 0.2) is 66.7 Å². The smallest absolute Gasteiger partial charge is 0.132 e. The molecule has 1 saturated carbocycles. The summed E-state index contributed by atoms with van der Waals surface area (Å²) < 4.78 is 0. The number of rotatable bonds is 3. The lowest BCUT2D eigenvalue weighted by atomic mass is 9.69. The fourth-order valence-electron chi connectivity index (χ4n) is 3.93. The van der Waals surface area contributed by atoms with Crippen LogP contribution in [0.1, 0.15) is 31.2 Å². The molecule has 3 aromatic rings. The Bertz CT molecular complexity index is 899. The molecule has 1 aliphatic carbocycles. The van der Waals surface area contributed by atoms with Crippen molar-refractivity contribution >= 4 is 16.6 Å². The Morgan fingerprint density at radius 1 is 0.800 bits per heavy atom. The molecule has 4 rings (SSSR count). The maximum atomic E-state index is 11.6. The van der Waals surface area contributed by atoms with Gasteiger partial charge in [-0.2, -0.15) is 0 Å². The van der Waals surface area contributed by atoms with Crippen LogP contribution in [0.2, 0.25) is 0 Å². The van der Waals surface area contributed by atoms with Gasteiger partial charge in [0.15, 0.2) is 0 Å². The number of fused-ring (bicyclic) bond motifs is 1. The molecule has 0 radical (unpaired) electrons. The molecule has 1 fully saturated rings. The number of hydrogen-bond donors (Lipinski definition) is 1. The predicted octanol–water partition coefficient (Wildman–Crippen LogP) is 4.88. The lowest BCUT2D eigenvalue weighted by Gasteiger charge is -2.35. The Morgan fingerprint density at radius 2 is 1.44 bits per heavy atom. The first-order valence-corrected chi connectivity index (χ1v) is 8.92. The van der Waals surface area contributed by atoms with Crippen molar-refractivity contribution in [2.24, 2.45) is 0 Å². The largest absolute Gasteiger partial charge is 0.395 e. The second kappa shape index (κ2) is 6.45. The SMILES string of the molecule is O=C1CCC(CO)(c2ccc(-c3ccc4ccccc4c3)cc2)CC1. The third-order valence-corrected chi connectivity index (χ3v) is 5.65. The van der Waals surface area contributed by atoms with Crippen LogP contribution < -0.4 is 0 Å². The minimum Gasteiger partial charge on any atom is -0.395 e. The lowest BCUT2D eigenvalue weighted by molar-refractivity contribution is -0.121. The van der Waals surface area contributed by atoms with Crippen LogP contribution in [-0.4, -0.2) is 17.5 Å². The summed E-state index contributed by atoms with van der Waals surface area (Å²) in [5.74, 6) is 0.317. The van der Waals surface area contributed by atoms with Gasteiger partial charge in [0.05, 0.1) is 6.61 Å². The molecule has 1 N–H and O–H groups in total. The second-order valence-electron chi connectivity index (χ2n) is 7.12. The van der Waals surface area contributed by atoms with Crippen LogP contribution in [-0.2, 0) is 10.2 Å². The fourth-order valence-corrected chi connectivity index (χ4v) is 3.93. The molecule has 3 aromatic carbocycles. The summed E-state index contributed by atoms with van der Waals surface area (Å²) in [5, 5.41) is 12.5. The van der Waals surface area contributed by atoms with Gasteiger partial charge in [-0.3, -0.25) is 4.79 Å². The van der Waals surface area contributed by atoms with Crippen molar-refractivity contribution in [2.45, 2.75) is 31.1 Å². The van der Waals surface area contributed by atoms with Crippen molar-refractivity contribution < 1.29 is 9.90 Å². The molecular formula is C23H22O2. The number of carbonyl (C=O) groups is 1. The van der Waals surface area contributed by atoms with Crippen molar-refractivity contribution in [3.8, 4) is 11.1 Å². The van der Waals surface area contributed by atoms with Crippen LogP contribution in [0.3, 0.4) is 0 Å². The first-order valence-electron chi connectivity index (χ1n) is 8.92. The van der Waals surface area contributed by atoms with Gasteiger partial charge in [-0.15, -0.1) is 0 Å². The number of Topliss-reactive ketones (excluding diaryl/α,β-unsaturated/α-hetero) is 1. The molecule has 0 heterocycles. The topological polar surface area (TPSA) is 37.3 Å². The highest BCUT2D eigenvalue weighted by Crippen LogP contribution is 2.38. The van der Waals surface area contributed by atoms with Crippen molar-refractivity contribution in [2.75, 3.05) is 6.61 Å². The molecule has 2 nitrogen and oxygen atoms in total. The van der Waals surface area contributed by atoms with Crippen LogP contribution in [0, 0.1) is 0 Å². The van der Waals surface area contributed by atoms with Crippen molar-refractivity contribution in [1.82, 2.24) is 0 Å². The van der Waals surface area contributed by atoms with Gasteiger partial charge in [-0.25, -0.2) is 0 Å². The molecular weight excluding hydrogens is 308 g/mol. The number of benzene rings is 3. The van der Waals surface area contributed by atoms with E-state index in [4.69, 9.17) is 0 Å². The van der Waals surface area contributed by atoms with Crippen molar-refractivity contribution in [1.29, 1.82) is 0 Å². The summed E-state index contributed by atoms with van der Waals surface area (Å²) >= 11 is 0. The molecule has 0 atom stereocenters. The minimum atomic E-state index is -0.254. The minimum absolute atomic E-state index is 0.107. The molecule has 0 amide bonds. The summed E-state index contributed by atoms with van der Waals surface area (Å²) in [6, 6.07) is 23.4. The summed E-state index contributed by atoms with van der Waals surface area (Å²) in [6.45, 7) is 0.107. The maximum Gasteiger partial charge on any atom is 0.132 e. The highest BCUT2D eigenvalue weighted by Gasteiger charge is 2.35. The number of aliphatic hydroxyl groups is 1. The van der Waals surface area contributed by atoms with Gasteiger partial charge in [0, 0.05) is 18.3 Å². The maximum absolute atomic E-state index is 11.6. The Hall–Kier alpha value is -2.45. The summed E-state index contributed by atoms with van der Waals surface area (Å²) in [5.41, 5.74) is 3.26. The third kappa shape index (κ3) is 2.98. The Labute approximate surface area is 148 Å². The number of carbonyl (C=O) groups excluding carboxylic acids is 1. The predicted molar refractivity (Wildman–Crippen MR) is 102 cm³/mol. The van der Waals surface area contributed by atoms with Gasteiger partial charge < -0.3 is 5.11 Å². The van der Waals surface area contributed by atoms with E-state index in [0.717, 1.165) is 18.4 Å². The molecule has 0 saturated heterocycles. The first-order chi connectivity index (χ1) is 12.2. The van der Waals surface area contributed by atoms with Gasteiger partial charge in [0.2, 0.25) is 0 Å². The zero-order valence-corrected chi connectivity index (χ0v) is 14.2. The van der Waals surface area contributed by atoms with Crippen LogP contribution in [0.4, 0.5) is 0 Å². The van der Waals surface area contributed by atoms with Crippen molar-refractivity contribution in [3.63, 3.8) is 0 Å². The van der Waals surface area contributed by atoms with E-state index in [1.807, 2.05) is 0 Å². The van der Waals surface area contributed by atoms with Crippen LogP contribution >= 0.6 is 0 Å². The monoisotopic (exact) mass is 330 g/mol. The Kier molecular flexibility index (Phi) is 4.14. The first kappa shape index (κ1) is 16.0. The zero-order valence-electron chi connectivity index (χ0n) is 14.2. The quantitative estimate of drug-likeness (QED) is 0.743. The highest BCUT2D eigenvalue weighted by atomic mass is 16.3. The normalized spacial score (nSPS) is 16.9. The zero-order chi connectivity index (χ0) is 17.3. The van der Waals surface area contributed by atoms with Crippen molar-refractivity contribution in [3.05, 3.63) is 72.3 Å². The van der Waals surface area contributed by atoms with E-state index in [1.165, 1.54) is 21.9 Å². The molecule has 2 heteroatoms. The van der Waals surface area contributed by atoms with E-state index in [-0.39, 0.29) is 12.0 Å². The highest BCUT2D eigenvalue weighted by molar-refractivity contribution is 5.87. The fraction of sp³-hybridized carbons (Fsp3) is 0.261. The summed E-state index contributed by atoms with van der Waals surface area (Å²) in [4.78, 5) is 11.6. The van der Waals surface area contributed by atoms with E-state index in [0.29, 0.717) is 18.6 Å². The summed E-state index contributed by atoms with van der Waals surface area (Å²) in [6.07, 6.45) is 2.65. The van der Waals surface area contributed by atoms with E-state index in [2.05, 4.69) is 66.7 Å². The average molecular weight is 330 g/mol. The lowest BCUT2D eigenvalue weighted by Crippen LogP contribution is -2.35. The Balaban J connectivity index is 1.65. The molecule has 0 bridgehead atoms. The van der Waals surface area contributed by atoms with E-state index < -0.39 is 0 Å². The number of ketones is 1. The average Bonchev–Trinajstić information content (AvgIpc) is 2.69. The summed E-state index contributed by atoms with van der Waals surface area (Å²) in [7, 11) is 0. The van der Waals surface area contributed by atoms with E-state index in [1.54, 1.807) is 0 Å². The molecule has 0 aliphatic heterocycles. The third-order valence-electron chi connectivity index (χ3n) is 5.65.